The lowest BCUT2D eigenvalue weighted by Gasteiger charge is -2.34. The molecule has 2 heterocycles. The van der Waals surface area contributed by atoms with Crippen LogP contribution in [0.15, 0.2) is 65.9 Å². The summed E-state index contributed by atoms with van der Waals surface area (Å²) in [6, 6.07) is 16.9. The Morgan fingerprint density at radius 3 is 2.53 bits per heavy atom. The molecule has 1 saturated heterocycles. The minimum absolute atomic E-state index is 0.0603. The number of benzene rings is 2. The largest absolute Gasteiger partial charge is 0.463 e. The van der Waals surface area contributed by atoms with Crippen molar-refractivity contribution in [3.8, 4) is 0 Å². The maximum atomic E-state index is 13.3. The van der Waals surface area contributed by atoms with Gasteiger partial charge < -0.3 is 19.9 Å². The molecule has 7 nitrogen and oxygen atoms in total. The summed E-state index contributed by atoms with van der Waals surface area (Å²) in [6.07, 6.45) is 2.64. The standard InChI is InChI=1S/C29H35N3O4/c1-3-36-29(35)27-21(2)32(26(33)19-25(27)23-11-5-4-6-12-23)20-22-10-9-13-24(18-22)28(34)30-14-17-31-15-7-8-16-31/h4-6,9-13,18,25H,3,7-8,14-17,19-20H2,1-2H3,(H,30,34). The van der Waals surface area contributed by atoms with E-state index in [4.69, 9.17) is 4.74 Å². The molecule has 0 bridgehead atoms. The van der Waals surface area contributed by atoms with Crippen LogP contribution < -0.4 is 5.32 Å². The first-order valence-electron chi connectivity index (χ1n) is 12.8. The lowest BCUT2D eigenvalue weighted by Crippen LogP contribution is -2.38. The first kappa shape index (κ1) is 25.6. The van der Waals surface area contributed by atoms with Crippen molar-refractivity contribution >= 4 is 17.8 Å². The van der Waals surface area contributed by atoms with E-state index >= 15 is 0 Å². The smallest absolute Gasteiger partial charge is 0.336 e. The van der Waals surface area contributed by atoms with Crippen LogP contribution in [0.2, 0.25) is 0 Å². The van der Waals surface area contributed by atoms with Crippen LogP contribution >= 0.6 is 0 Å². The number of esters is 1. The second kappa shape index (κ2) is 12.0. The Hall–Kier alpha value is -3.45. The highest BCUT2D eigenvalue weighted by Crippen LogP contribution is 2.37. The number of ether oxygens (including phenoxy) is 1. The minimum atomic E-state index is -0.396. The van der Waals surface area contributed by atoms with Gasteiger partial charge in [-0.25, -0.2) is 4.79 Å². The summed E-state index contributed by atoms with van der Waals surface area (Å²) in [7, 11) is 0. The van der Waals surface area contributed by atoms with Gasteiger partial charge in [0.25, 0.3) is 5.91 Å². The molecule has 2 aromatic rings. The Bertz CT molecular complexity index is 1120. The van der Waals surface area contributed by atoms with Crippen LogP contribution in [-0.2, 0) is 20.9 Å². The number of likely N-dealkylation sites (tertiary alicyclic amines) is 1. The zero-order valence-electron chi connectivity index (χ0n) is 21.2. The molecule has 1 unspecified atom stereocenters. The lowest BCUT2D eigenvalue weighted by molar-refractivity contribution is -0.140. The Labute approximate surface area is 213 Å². The number of hydrogen-bond acceptors (Lipinski definition) is 5. The number of amides is 2. The molecule has 0 spiro atoms. The molecule has 4 rings (SSSR count). The van der Waals surface area contributed by atoms with E-state index in [-0.39, 0.29) is 37.3 Å². The SMILES string of the molecule is CCOC(=O)C1=C(C)N(Cc2cccc(C(=O)NCCN3CCCC3)c2)C(=O)CC1c1ccccc1. The molecule has 2 aliphatic heterocycles. The molecule has 2 aliphatic rings. The fraction of sp³-hybridized carbons (Fsp3) is 0.414. The average Bonchev–Trinajstić information content (AvgIpc) is 3.40. The maximum absolute atomic E-state index is 13.3. The van der Waals surface area contributed by atoms with Crippen LogP contribution in [0, 0.1) is 0 Å². The number of nitrogens with zero attached hydrogens (tertiary/aromatic N) is 2. The predicted molar refractivity (Wildman–Crippen MR) is 138 cm³/mol. The molecule has 0 aromatic heterocycles. The molecule has 0 aliphatic carbocycles. The molecule has 2 amide bonds. The van der Waals surface area contributed by atoms with E-state index in [1.165, 1.54) is 12.8 Å². The van der Waals surface area contributed by atoms with E-state index in [2.05, 4.69) is 10.2 Å². The summed E-state index contributed by atoms with van der Waals surface area (Å²) < 4.78 is 5.37. The van der Waals surface area contributed by atoms with Crippen LogP contribution in [0.4, 0.5) is 0 Å². The Kier molecular flexibility index (Phi) is 8.54. The van der Waals surface area contributed by atoms with Crippen molar-refractivity contribution in [3.05, 3.63) is 82.6 Å². The van der Waals surface area contributed by atoms with Crippen molar-refractivity contribution in [1.82, 2.24) is 15.1 Å². The summed E-state index contributed by atoms with van der Waals surface area (Å²) in [5.74, 6) is -0.922. The first-order valence-corrected chi connectivity index (χ1v) is 12.8. The second-order valence-corrected chi connectivity index (χ2v) is 9.37. The highest BCUT2D eigenvalue weighted by molar-refractivity contribution is 5.96. The number of rotatable bonds is 9. The summed E-state index contributed by atoms with van der Waals surface area (Å²) in [5, 5.41) is 3.00. The van der Waals surface area contributed by atoms with Gasteiger partial charge in [-0.15, -0.1) is 0 Å². The summed E-state index contributed by atoms with van der Waals surface area (Å²) in [4.78, 5) is 42.9. The van der Waals surface area contributed by atoms with Crippen molar-refractivity contribution in [3.63, 3.8) is 0 Å². The lowest BCUT2D eigenvalue weighted by atomic mass is 9.83. The fourth-order valence-electron chi connectivity index (χ4n) is 5.08. The average molecular weight is 490 g/mol. The van der Waals surface area contributed by atoms with Crippen LogP contribution in [0.1, 0.15) is 60.5 Å². The summed E-state index contributed by atoms with van der Waals surface area (Å²) in [6.45, 7) is 7.79. The second-order valence-electron chi connectivity index (χ2n) is 9.37. The van der Waals surface area contributed by atoms with Crippen molar-refractivity contribution in [1.29, 1.82) is 0 Å². The normalized spacial score (nSPS) is 18.4. The topological polar surface area (TPSA) is 79.0 Å². The van der Waals surface area contributed by atoms with Crippen LogP contribution in [0.25, 0.3) is 0 Å². The number of carbonyl (C=O) groups excluding carboxylic acids is 3. The first-order chi connectivity index (χ1) is 17.5. The van der Waals surface area contributed by atoms with Gasteiger partial charge in [-0.05, 0) is 63.0 Å². The third-order valence-corrected chi connectivity index (χ3v) is 6.96. The molecule has 190 valence electrons. The summed E-state index contributed by atoms with van der Waals surface area (Å²) >= 11 is 0. The van der Waals surface area contributed by atoms with Crippen molar-refractivity contribution in [2.75, 3.05) is 32.8 Å². The Morgan fingerprint density at radius 2 is 1.81 bits per heavy atom. The van der Waals surface area contributed by atoms with Crippen molar-refractivity contribution in [2.45, 2.75) is 45.6 Å². The molecule has 1 fully saturated rings. The zero-order chi connectivity index (χ0) is 25.5. The molecular formula is C29H35N3O4. The Balaban J connectivity index is 1.51. The van der Waals surface area contributed by atoms with E-state index in [1.54, 1.807) is 24.8 Å². The molecule has 7 heteroatoms. The molecule has 0 saturated carbocycles. The maximum Gasteiger partial charge on any atom is 0.336 e. The van der Waals surface area contributed by atoms with E-state index in [0.29, 0.717) is 23.4 Å². The quantitative estimate of drug-likeness (QED) is 0.541. The highest BCUT2D eigenvalue weighted by atomic mass is 16.5. The highest BCUT2D eigenvalue weighted by Gasteiger charge is 2.36. The number of carbonyl (C=O) groups is 3. The number of hydrogen-bond donors (Lipinski definition) is 1. The summed E-state index contributed by atoms with van der Waals surface area (Å²) in [5.41, 5.74) is 3.42. The molecule has 36 heavy (non-hydrogen) atoms. The van der Waals surface area contributed by atoms with E-state index in [1.807, 2.05) is 48.5 Å². The predicted octanol–water partition coefficient (Wildman–Crippen LogP) is 3.87. The third kappa shape index (κ3) is 6.02. The van der Waals surface area contributed by atoms with Crippen molar-refractivity contribution in [2.24, 2.45) is 0 Å². The van der Waals surface area contributed by atoms with Gasteiger partial charge in [-0.2, -0.15) is 0 Å². The van der Waals surface area contributed by atoms with E-state index in [9.17, 15) is 14.4 Å². The van der Waals surface area contributed by atoms with Crippen LogP contribution in [0.5, 0.6) is 0 Å². The monoisotopic (exact) mass is 489 g/mol. The number of nitrogens with one attached hydrogen (secondary N) is 1. The number of allylic oxidation sites excluding steroid dienone is 1. The fourth-order valence-corrected chi connectivity index (χ4v) is 5.08. The minimum Gasteiger partial charge on any atom is -0.463 e. The van der Waals surface area contributed by atoms with Gasteiger partial charge in [0.15, 0.2) is 0 Å². The van der Waals surface area contributed by atoms with Gasteiger partial charge in [-0.1, -0.05) is 42.5 Å². The van der Waals surface area contributed by atoms with E-state index in [0.717, 1.165) is 30.8 Å². The van der Waals surface area contributed by atoms with Gasteiger partial charge in [-0.3, -0.25) is 9.59 Å². The van der Waals surface area contributed by atoms with Gasteiger partial charge >= 0.3 is 5.97 Å². The molecule has 2 aromatic carbocycles. The van der Waals surface area contributed by atoms with Gasteiger partial charge in [0.1, 0.15) is 0 Å². The molecule has 1 atom stereocenters. The van der Waals surface area contributed by atoms with Crippen LogP contribution in [-0.4, -0.2) is 60.4 Å². The van der Waals surface area contributed by atoms with Gasteiger partial charge in [0.2, 0.25) is 5.91 Å². The molecule has 0 radical (unpaired) electrons. The van der Waals surface area contributed by atoms with Crippen molar-refractivity contribution < 1.29 is 19.1 Å². The third-order valence-electron chi connectivity index (χ3n) is 6.96. The Morgan fingerprint density at radius 1 is 1.06 bits per heavy atom. The van der Waals surface area contributed by atoms with E-state index < -0.39 is 5.97 Å². The van der Waals surface area contributed by atoms with Gasteiger partial charge in [0, 0.05) is 36.7 Å². The zero-order valence-corrected chi connectivity index (χ0v) is 21.2. The molecule has 1 N–H and O–H groups in total. The van der Waals surface area contributed by atoms with Gasteiger partial charge in [0.05, 0.1) is 18.7 Å². The van der Waals surface area contributed by atoms with Crippen LogP contribution in [0.3, 0.4) is 0 Å². The molecular weight excluding hydrogens is 454 g/mol.